The van der Waals surface area contributed by atoms with Gasteiger partial charge in [0.15, 0.2) is 10.8 Å². The molecule has 0 bridgehead atoms. The van der Waals surface area contributed by atoms with Gasteiger partial charge in [0.05, 0.1) is 5.56 Å². The van der Waals surface area contributed by atoms with E-state index in [0.29, 0.717) is 16.3 Å². The standard InChI is InChI=1S/C23H23F3N6O3S/c1-2-9-31-20(33)17-19(28-21(36-17)30-10-4-3-5-11-30)32(22(31)34)13-16-27-18(29-35-16)14-7-6-8-15(12-14)23(24,25)26/h6-8,12H,2-5,9-11,13H2,1H3. The zero-order chi connectivity index (χ0) is 25.4. The fourth-order valence-electron chi connectivity index (χ4n) is 4.26. The van der Waals surface area contributed by atoms with Gasteiger partial charge in [-0.05, 0) is 37.8 Å². The van der Waals surface area contributed by atoms with Crippen LogP contribution in [-0.2, 0) is 19.3 Å². The number of benzene rings is 1. The van der Waals surface area contributed by atoms with E-state index < -0.39 is 17.4 Å². The summed E-state index contributed by atoms with van der Waals surface area (Å²) in [5.74, 6) is -0.0189. The van der Waals surface area contributed by atoms with Crippen LogP contribution in [0.25, 0.3) is 21.7 Å². The Hall–Kier alpha value is -3.48. The maximum Gasteiger partial charge on any atom is 0.416 e. The topological polar surface area (TPSA) is 99.1 Å². The highest BCUT2D eigenvalue weighted by Crippen LogP contribution is 2.32. The third kappa shape index (κ3) is 4.54. The number of fused-ring (bicyclic) bond motifs is 1. The van der Waals surface area contributed by atoms with Crippen LogP contribution < -0.4 is 16.1 Å². The molecule has 0 amide bonds. The van der Waals surface area contributed by atoms with Gasteiger partial charge < -0.3 is 9.42 Å². The molecule has 0 spiro atoms. The van der Waals surface area contributed by atoms with Crippen LogP contribution in [0.1, 0.15) is 44.1 Å². The molecule has 5 rings (SSSR count). The van der Waals surface area contributed by atoms with Crippen molar-refractivity contribution in [3.63, 3.8) is 0 Å². The zero-order valence-electron chi connectivity index (χ0n) is 19.4. The summed E-state index contributed by atoms with van der Waals surface area (Å²) < 4.78 is 47.4. The molecule has 13 heteroatoms. The SMILES string of the molecule is CCCn1c(=O)c2sc(N3CCCCC3)nc2n(Cc2nc(-c3cccc(C(F)(F)F)c3)no2)c1=O. The second-order valence-corrected chi connectivity index (χ2v) is 9.59. The van der Waals surface area contributed by atoms with Crippen LogP contribution in [0.2, 0.25) is 0 Å². The van der Waals surface area contributed by atoms with Crippen LogP contribution in [0.4, 0.5) is 18.3 Å². The normalized spacial score (nSPS) is 14.6. The van der Waals surface area contributed by atoms with Crippen molar-refractivity contribution in [2.24, 2.45) is 0 Å². The van der Waals surface area contributed by atoms with Crippen LogP contribution in [0.15, 0.2) is 38.4 Å². The maximum atomic E-state index is 13.3. The van der Waals surface area contributed by atoms with E-state index in [2.05, 4.69) is 20.0 Å². The minimum atomic E-state index is -4.51. The number of piperidine rings is 1. The summed E-state index contributed by atoms with van der Waals surface area (Å²) >= 11 is 1.26. The van der Waals surface area contributed by atoms with E-state index in [9.17, 15) is 22.8 Å². The Bertz CT molecular complexity index is 1510. The molecule has 4 aromatic rings. The molecule has 3 aromatic heterocycles. The fourth-order valence-corrected chi connectivity index (χ4v) is 5.33. The molecule has 190 valence electrons. The van der Waals surface area contributed by atoms with Crippen molar-refractivity contribution in [3.8, 4) is 11.4 Å². The van der Waals surface area contributed by atoms with Gasteiger partial charge >= 0.3 is 11.9 Å². The summed E-state index contributed by atoms with van der Waals surface area (Å²) in [7, 11) is 0. The second-order valence-electron chi connectivity index (χ2n) is 8.61. The number of hydrogen-bond donors (Lipinski definition) is 0. The lowest BCUT2D eigenvalue weighted by Gasteiger charge is -2.25. The van der Waals surface area contributed by atoms with Crippen molar-refractivity contribution in [1.82, 2.24) is 24.3 Å². The first kappa shape index (κ1) is 24.2. The number of nitrogens with zero attached hydrogens (tertiary/aromatic N) is 6. The molecule has 0 N–H and O–H groups in total. The van der Waals surface area contributed by atoms with Gasteiger partial charge in [-0.25, -0.2) is 9.78 Å². The number of aromatic nitrogens is 5. The molecule has 0 unspecified atom stereocenters. The van der Waals surface area contributed by atoms with Gasteiger partial charge in [-0.3, -0.25) is 13.9 Å². The van der Waals surface area contributed by atoms with Gasteiger partial charge in [0, 0.05) is 25.2 Å². The Morgan fingerprint density at radius 3 is 2.58 bits per heavy atom. The highest BCUT2D eigenvalue weighted by Gasteiger charge is 2.31. The van der Waals surface area contributed by atoms with Crippen LogP contribution in [-0.4, -0.2) is 37.3 Å². The third-order valence-electron chi connectivity index (χ3n) is 6.04. The number of hydrogen-bond acceptors (Lipinski definition) is 8. The lowest BCUT2D eigenvalue weighted by molar-refractivity contribution is -0.137. The number of anilines is 1. The molecule has 1 aromatic carbocycles. The highest BCUT2D eigenvalue weighted by molar-refractivity contribution is 7.22. The van der Waals surface area contributed by atoms with E-state index >= 15 is 0 Å². The van der Waals surface area contributed by atoms with Gasteiger partial charge in [-0.15, -0.1) is 0 Å². The minimum absolute atomic E-state index is 0.0139. The molecule has 1 saturated heterocycles. The first-order chi connectivity index (χ1) is 17.3. The number of thiazole rings is 1. The quantitative estimate of drug-likeness (QED) is 0.377. The van der Waals surface area contributed by atoms with Crippen LogP contribution >= 0.6 is 11.3 Å². The van der Waals surface area contributed by atoms with Gasteiger partial charge in [0.25, 0.3) is 5.56 Å². The summed E-state index contributed by atoms with van der Waals surface area (Å²) in [6.45, 7) is 3.60. The van der Waals surface area contributed by atoms with Crippen molar-refractivity contribution in [2.75, 3.05) is 18.0 Å². The zero-order valence-corrected chi connectivity index (χ0v) is 20.2. The lowest BCUT2D eigenvalue weighted by Crippen LogP contribution is -2.40. The molecule has 1 aliphatic heterocycles. The summed E-state index contributed by atoms with van der Waals surface area (Å²) in [5, 5.41) is 4.49. The summed E-state index contributed by atoms with van der Waals surface area (Å²) in [6.07, 6.45) is -0.725. The molecular weight excluding hydrogens is 497 g/mol. The smallest absolute Gasteiger partial charge is 0.348 e. The van der Waals surface area contributed by atoms with E-state index in [1.807, 2.05) is 6.92 Å². The Kier molecular flexibility index (Phi) is 6.41. The van der Waals surface area contributed by atoms with Gasteiger partial charge in [0.1, 0.15) is 11.2 Å². The average molecular weight is 521 g/mol. The minimum Gasteiger partial charge on any atom is -0.348 e. The predicted octanol–water partition coefficient (Wildman–Crippen LogP) is 4.14. The molecule has 0 saturated carbocycles. The van der Waals surface area contributed by atoms with Gasteiger partial charge in [-0.1, -0.05) is 35.5 Å². The second kappa shape index (κ2) is 9.52. The van der Waals surface area contributed by atoms with Crippen LogP contribution in [0.5, 0.6) is 0 Å². The van der Waals surface area contributed by atoms with Gasteiger partial charge in [0.2, 0.25) is 11.7 Å². The van der Waals surface area contributed by atoms with Crippen molar-refractivity contribution in [1.29, 1.82) is 0 Å². The Morgan fingerprint density at radius 2 is 1.86 bits per heavy atom. The predicted molar refractivity (Wildman–Crippen MR) is 128 cm³/mol. The number of alkyl halides is 3. The molecule has 9 nitrogen and oxygen atoms in total. The fraction of sp³-hybridized carbons (Fsp3) is 0.435. The highest BCUT2D eigenvalue weighted by atomic mass is 32.1. The van der Waals surface area contributed by atoms with Gasteiger partial charge in [-0.2, -0.15) is 18.2 Å². The molecule has 1 aliphatic rings. The van der Waals surface area contributed by atoms with E-state index in [1.54, 1.807) is 0 Å². The van der Waals surface area contributed by atoms with Crippen molar-refractivity contribution >= 4 is 26.8 Å². The molecule has 36 heavy (non-hydrogen) atoms. The molecule has 0 aliphatic carbocycles. The Balaban J connectivity index is 1.55. The Morgan fingerprint density at radius 1 is 1.08 bits per heavy atom. The average Bonchev–Trinajstić information content (AvgIpc) is 3.52. The first-order valence-corrected chi connectivity index (χ1v) is 12.5. The van der Waals surface area contributed by atoms with Crippen LogP contribution in [0.3, 0.4) is 0 Å². The van der Waals surface area contributed by atoms with E-state index in [-0.39, 0.29) is 41.6 Å². The molecular formula is C23H23F3N6O3S. The van der Waals surface area contributed by atoms with Crippen molar-refractivity contribution in [3.05, 3.63) is 56.6 Å². The molecule has 4 heterocycles. The van der Waals surface area contributed by atoms with Crippen molar-refractivity contribution in [2.45, 2.75) is 51.9 Å². The summed E-state index contributed by atoms with van der Waals surface area (Å²) in [4.78, 5) is 37.3. The third-order valence-corrected chi connectivity index (χ3v) is 7.13. The first-order valence-electron chi connectivity index (χ1n) is 11.7. The summed E-state index contributed by atoms with van der Waals surface area (Å²) in [5.41, 5.74) is -1.40. The molecule has 0 atom stereocenters. The number of halogens is 3. The van der Waals surface area contributed by atoms with Crippen LogP contribution in [0, 0.1) is 0 Å². The lowest BCUT2D eigenvalue weighted by atomic mass is 10.1. The largest absolute Gasteiger partial charge is 0.416 e. The maximum absolute atomic E-state index is 13.3. The Labute approximate surface area is 206 Å². The van der Waals surface area contributed by atoms with E-state index in [1.165, 1.54) is 32.6 Å². The molecule has 0 radical (unpaired) electrons. The van der Waals surface area contributed by atoms with E-state index in [0.717, 1.165) is 44.5 Å². The monoisotopic (exact) mass is 520 g/mol. The van der Waals surface area contributed by atoms with Crippen molar-refractivity contribution < 1.29 is 17.7 Å². The molecule has 1 fully saturated rings. The summed E-state index contributed by atoms with van der Waals surface area (Å²) in [6, 6.07) is 4.60. The van der Waals surface area contributed by atoms with E-state index in [4.69, 9.17) is 4.52 Å². The number of rotatable bonds is 6.